The summed E-state index contributed by atoms with van der Waals surface area (Å²) in [4.78, 5) is 22.9. The van der Waals surface area contributed by atoms with Gasteiger partial charge in [-0.3, -0.25) is 4.79 Å². The Bertz CT molecular complexity index is 817. The molecule has 3 rings (SSSR count). The van der Waals surface area contributed by atoms with Crippen LogP contribution in [0.4, 0.5) is 11.4 Å². The Balaban J connectivity index is 1.72. The van der Waals surface area contributed by atoms with Gasteiger partial charge < -0.3 is 19.7 Å². The van der Waals surface area contributed by atoms with E-state index in [4.69, 9.17) is 9.47 Å². The van der Waals surface area contributed by atoms with E-state index in [9.17, 15) is 4.79 Å². The van der Waals surface area contributed by atoms with Crippen molar-refractivity contribution in [1.82, 2.24) is 9.97 Å². The first-order valence-electron chi connectivity index (χ1n) is 8.99. The van der Waals surface area contributed by atoms with Crippen LogP contribution < -0.4 is 19.7 Å². The predicted octanol–water partition coefficient (Wildman–Crippen LogP) is 3.14. The summed E-state index contributed by atoms with van der Waals surface area (Å²) in [6.45, 7) is 2.03. The summed E-state index contributed by atoms with van der Waals surface area (Å²) in [5, 5.41) is 2.96. The van der Waals surface area contributed by atoms with Crippen LogP contribution in [0.2, 0.25) is 0 Å². The summed E-state index contributed by atoms with van der Waals surface area (Å²) in [5.74, 6) is 0.122. The molecule has 0 saturated carbocycles. The van der Waals surface area contributed by atoms with Crippen molar-refractivity contribution in [3.8, 4) is 11.9 Å². The van der Waals surface area contributed by atoms with Gasteiger partial charge in [-0.2, -0.15) is 4.98 Å². The molecule has 1 amide bonds. The van der Waals surface area contributed by atoms with Gasteiger partial charge in [-0.1, -0.05) is 12.1 Å². The second-order valence-electron chi connectivity index (χ2n) is 6.21. The second kappa shape index (κ2) is 9.02. The molecule has 142 valence electrons. The molecule has 1 aromatic heterocycles. The van der Waals surface area contributed by atoms with E-state index in [0.29, 0.717) is 11.4 Å². The first-order valence-corrected chi connectivity index (χ1v) is 8.99. The van der Waals surface area contributed by atoms with Crippen LogP contribution >= 0.6 is 0 Å². The van der Waals surface area contributed by atoms with Crippen LogP contribution in [0.3, 0.4) is 0 Å². The maximum atomic E-state index is 12.4. The highest BCUT2D eigenvalue weighted by molar-refractivity contribution is 6.03. The molecule has 0 aliphatic carbocycles. The van der Waals surface area contributed by atoms with Crippen LogP contribution in [0.1, 0.15) is 24.8 Å². The van der Waals surface area contributed by atoms with E-state index in [-0.39, 0.29) is 11.9 Å². The number of ether oxygens (including phenoxy) is 2. The average Bonchev–Trinajstić information content (AvgIpc) is 2.73. The van der Waals surface area contributed by atoms with Crippen molar-refractivity contribution in [2.24, 2.45) is 0 Å². The van der Waals surface area contributed by atoms with E-state index in [1.807, 2.05) is 24.3 Å². The molecule has 7 nitrogen and oxygen atoms in total. The molecule has 0 bridgehead atoms. The molecule has 2 aromatic rings. The molecule has 1 aliphatic rings. The molecule has 0 spiro atoms. The fourth-order valence-electron chi connectivity index (χ4n) is 3.07. The molecule has 1 aliphatic heterocycles. The van der Waals surface area contributed by atoms with Crippen LogP contribution in [0.5, 0.6) is 11.9 Å². The number of hydrogen-bond donors (Lipinski definition) is 1. The lowest BCUT2D eigenvalue weighted by Gasteiger charge is -2.30. The van der Waals surface area contributed by atoms with E-state index in [1.54, 1.807) is 12.3 Å². The van der Waals surface area contributed by atoms with Gasteiger partial charge >= 0.3 is 6.01 Å². The standard InChI is InChI=1S/C20H24N4O3/c1-26-19-15(14-21-20(23-19)27-2)10-11-18(25)22-16-8-4-5-9-17(16)24-12-6-3-7-13-24/h4-5,8-11,14H,3,6-7,12-13H2,1-2H3,(H,22,25)/b11-10+. The maximum absolute atomic E-state index is 12.4. The van der Waals surface area contributed by atoms with Crippen LogP contribution in [-0.2, 0) is 4.79 Å². The molecule has 1 aromatic carbocycles. The molecule has 27 heavy (non-hydrogen) atoms. The average molecular weight is 368 g/mol. The normalized spacial score (nSPS) is 14.2. The van der Waals surface area contributed by atoms with Gasteiger partial charge in [-0.25, -0.2) is 4.98 Å². The number of anilines is 2. The van der Waals surface area contributed by atoms with Crippen molar-refractivity contribution in [3.63, 3.8) is 0 Å². The highest BCUT2D eigenvalue weighted by atomic mass is 16.5. The number of carbonyl (C=O) groups excluding carboxylic acids is 1. The number of nitrogens with one attached hydrogen (secondary N) is 1. The minimum Gasteiger partial charge on any atom is -0.480 e. The summed E-state index contributed by atoms with van der Waals surface area (Å²) in [7, 11) is 2.99. The number of para-hydroxylation sites is 2. The van der Waals surface area contributed by atoms with Gasteiger partial charge in [0.15, 0.2) is 0 Å². The largest absolute Gasteiger partial charge is 0.480 e. The second-order valence-corrected chi connectivity index (χ2v) is 6.21. The lowest BCUT2D eigenvalue weighted by atomic mass is 10.1. The molecule has 1 N–H and O–H groups in total. The monoisotopic (exact) mass is 368 g/mol. The van der Waals surface area contributed by atoms with E-state index in [2.05, 4.69) is 20.2 Å². The van der Waals surface area contributed by atoms with Crippen molar-refractivity contribution < 1.29 is 14.3 Å². The molecule has 0 unspecified atom stereocenters. The number of carbonyl (C=O) groups is 1. The molecule has 1 saturated heterocycles. The summed E-state index contributed by atoms with van der Waals surface area (Å²) in [6, 6.07) is 8.10. The lowest BCUT2D eigenvalue weighted by molar-refractivity contribution is -0.111. The number of piperidine rings is 1. The third kappa shape index (κ3) is 4.75. The van der Waals surface area contributed by atoms with Crippen molar-refractivity contribution in [2.45, 2.75) is 19.3 Å². The number of methoxy groups -OCH3 is 2. The van der Waals surface area contributed by atoms with Crippen molar-refractivity contribution in [2.75, 3.05) is 37.5 Å². The Morgan fingerprint density at radius 1 is 1.15 bits per heavy atom. The molecule has 7 heteroatoms. The number of aromatic nitrogens is 2. The van der Waals surface area contributed by atoms with Gasteiger partial charge in [-0.05, 0) is 37.5 Å². The van der Waals surface area contributed by atoms with Crippen LogP contribution in [0.25, 0.3) is 6.08 Å². The van der Waals surface area contributed by atoms with Gasteiger partial charge in [0.2, 0.25) is 11.8 Å². The fraction of sp³-hybridized carbons (Fsp3) is 0.350. The minimum absolute atomic E-state index is 0.212. The quantitative estimate of drug-likeness (QED) is 0.790. The Morgan fingerprint density at radius 3 is 2.67 bits per heavy atom. The van der Waals surface area contributed by atoms with Gasteiger partial charge in [0, 0.05) is 25.4 Å². The zero-order valence-corrected chi connectivity index (χ0v) is 15.6. The van der Waals surface area contributed by atoms with E-state index < -0.39 is 0 Å². The Hall–Kier alpha value is -3.09. The topological polar surface area (TPSA) is 76.6 Å². The van der Waals surface area contributed by atoms with Gasteiger partial charge in [-0.15, -0.1) is 0 Å². The summed E-state index contributed by atoms with van der Waals surface area (Å²) < 4.78 is 10.2. The molecule has 0 radical (unpaired) electrons. The number of hydrogen-bond acceptors (Lipinski definition) is 6. The van der Waals surface area contributed by atoms with Crippen molar-refractivity contribution in [1.29, 1.82) is 0 Å². The number of nitrogens with zero attached hydrogens (tertiary/aromatic N) is 3. The number of rotatable bonds is 6. The molecular formula is C20H24N4O3. The minimum atomic E-state index is -0.225. The Morgan fingerprint density at radius 2 is 1.93 bits per heavy atom. The Kier molecular flexibility index (Phi) is 6.25. The highest BCUT2D eigenvalue weighted by Crippen LogP contribution is 2.28. The van der Waals surface area contributed by atoms with E-state index in [1.165, 1.54) is 39.6 Å². The molecule has 1 fully saturated rings. The van der Waals surface area contributed by atoms with Crippen LogP contribution in [-0.4, -0.2) is 43.2 Å². The summed E-state index contributed by atoms with van der Waals surface area (Å²) >= 11 is 0. The zero-order valence-electron chi connectivity index (χ0n) is 15.6. The SMILES string of the molecule is COc1ncc(/C=C/C(=O)Nc2ccccc2N2CCCCC2)c(OC)n1. The summed E-state index contributed by atoms with van der Waals surface area (Å²) in [6.07, 6.45) is 8.24. The Labute approximate surface area is 159 Å². The fourth-order valence-corrected chi connectivity index (χ4v) is 3.07. The highest BCUT2D eigenvalue weighted by Gasteiger charge is 2.15. The predicted molar refractivity (Wildman–Crippen MR) is 105 cm³/mol. The molecule has 0 atom stereocenters. The maximum Gasteiger partial charge on any atom is 0.319 e. The van der Waals surface area contributed by atoms with E-state index in [0.717, 1.165) is 24.5 Å². The number of benzene rings is 1. The molecular weight excluding hydrogens is 344 g/mol. The third-order valence-corrected chi connectivity index (χ3v) is 4.41. The van der Waals surface area contributed by atoms with Crippen LogP contribution in [0.15, 0.2) is 36.5 Å². The van der Waals surface area contributed by atoms with Gasteiger partial charge in [0.1, 0.15) is 0 Å². The third-order valence-electron chi connectivity index (χ3n) is 4.41. The van der Waals surface area contributed by atoms with Crippen LogP contribution in [0, 0.1) is 0 Å². The van der Waals surface area contributed by atoms with E-state index >= 15 is 0 Å². The molecule has 2 heterocycles. The van der Waals surface area contributed by atoms with Gasteiger partial charge in [0.25, 0.3) is 0 Å². The first-order chi connectivity index (χ1) is 13.2. The first kappa shape index (κ1) is 18.7. The lowest BCUT2D eigenvalue weighted by Crippen LogP contribution is -2.30. The smallest absolute Gasteiger partial charge is 0.319 e. The van der Waals surface area contributed by atoms with Gasteiger partial charge in [0.05, 0.1) is 31.2 Å². The van der Waals surface area contributed by atoms with Crippen molar-refractivity contribution in [3.05, 3.63) is 42.1 Å². The zero-order chi connectivity index (χ0) is 19.1. The summed E-state index contributed by atoms with van der Waals surface area (Å²) in [5.41, 5.74) is 2.47. The number of amides is 1. The van der Waals surface area contributed by atoms with Crippen molar-refractivity contribution >= 4 is 23.4 Å².